The third kappa shape index (κ3) is 6.18. The van der Waals surface area contributed by atoms with Gasteiger partial charge in [0.25, 0.3) is 21.6 Å². The monoisotopic (exact) mass is 501 g/mol. The Morgan fingerprint density at radius 2 is 1.71 bits per heavy atom. The van der Waals surface area contributed by atoms with Crippen molar-refractivity contribution in [2.75, 3.05) is 10.0 Å². The van der Waals surface area contributed by atoms with Crippen LogP contribution in [0.25, 0.3) is 0 Å². The molecule has 0 spiro atoms. The minimum absolute atomic E-state index is 0.0933. The molecule has 3 aromatic rings. The van der Waals surface area contributed by atoms with Crippen LogP contribution in [0.15, 0.2) is 71.6 Å². The maximum atomic E-state index is 13.4. The van der Waals surface area contributed by atoms with Crippen LogP contribution in [0.3, 0.4) is 0 Å². The van der Waals surface area contributed by atoms with E-state index in [0.717, 1.165) is 18.2 Å². The molecule has 3 rings (SSSR count). The topological polar surface area (TPSA) is 145 Å². The molecular formula is C23H20FN3O7S. The van der Waals surface area contributed by atoms with E-state index in [4.69, 9.17) is 4.74 Å². The first-order valence-corrected chi connectivity index (χ1v) is 11.6. The summed E-state index contributed by atoms with van der Waals surface area (Å²) < 4.78 is 46.5. The highest BCUT2D eigenvalue weighted by Gasteiger charge is 2.24. The van der Waals surface area contributed by atoms with Gasteiger partial charge in [0.1, 0.15) is 5.82 Å². The normalized spacial score (nSPS) is 11.9. The number of nitrogens with zero attached hydrogens (tertiary/aromatic N) is 1. The van der Waals surface area contributed by atoms with Crippen LogP contribution < -0.4 is 10.0 Å². The van der Waals surface area contributed by atoms with Crippen molar-refractivity contribution in [2.24, 2.45) is 0 Å². The lowest BCUT2D eigenvalue weighted by Gasteiger charge is -2.16. The summed E-state index contributed by atoms with van der Waals surface area (Å²) in [6.07, 6.45) is -1.28. The van der Waals surface area contributed by atoms with E-state index in [2.05, 4.69) is 10.0 Å². The molecule has 0 heterocycles. The molecule has 0 aliphatic carbocycles. The molecule has 182 valence electrons. The number of hydrogen-bond donors (Lipinski definition) is 2. The van der Waals surface area contributed by atoms with Gasteiger partial charge in [-0.2, -0.15) is 0 Å². The van der Waals surface area contributed by atoms with Gasteiger partial charge >= 0.3 is 5.97 Å². The second-order valence-electron chi connectivity index (χ2n) is 7.40. The maximum absolute atomic E-state index is 13.4. The molecule has 1 atom stereocenters. The SMILES string of the molecule is Cc1cc(F)ccc1S(=O)(=O)Nc1ccccc1C(=O)O[C@H](C)C(=O)Nc1ccc([N+](=O)[O-])cc1. The van der Waals surface area contributed by atoms with E-state index in [9.17, 15) is 32.5 Å². The van der Waals surface area contributed by atoms with Crippen molar-refractivity contribution in [3.05, 3.63) is 93.8 Å². The van der Waals surface area contributed by atoms with E-state index in [-0.39, 0.29) is 33.1 Å². The van der Waals surface area contributed by atoms with Crippen LogP contribution in [0.4, 0.5) is 21.5 Å². The number of para-hydroxylation sites is 1. The van der Waals surface area contributed by atoms with E-state index in [1.54, 1.807) is 0 Å². The van der Waals surface area contributed by atoms with Gasteiger partial charge in [0.05, 0.1) is 21.1 Å². The minimum atomic E-state index is -4.16. The third-order valence-electron chi connectivity index (χ3n) is 4.82. The second kappa shape index (κ2) is 10.3. The Morgan fingerprint density at radius 3 is 2.34 bits per heavy atom. The summed E-state index contributed by atoms with van der Waals surface area (Å²) >= 11 is 0. The van der Waals surface area contributed by atoms with Crippen molar-refractivity contribution in [1.29, 1.82) is 0 Å². The number of anilines is 2. The number of sulfonamides is 1. The third-order valence-corrected chi connectivity index (χ3v) is 6.34. The van der Waals surface area contributed by atoms with Crippen molar-refractivity contribution < 1.29 is 32.1 Å². The van der Waals surface area contributed by atoms with Crippen molar-refractivity contribution in [2.45, 2.75) is 24.8 Å². The number of carbonyl (C=O) groups excluding carboxylic acids is 2. The molecule has 0 fully saturated rings. The number of nitrogens with one attached hydrogen (secondary N) is 2. The zero-order valence-corrected chi connectivity index (χ0v) is 19.3. The van der Waals surface area contributed by atoms with Crippen LogP contribution in [0.2, 0.25) is 0 Å². The zero-order chi connectivity index (χ0) is 25.8. The van der Waals surface area contributed by atoms with Gasteiger partial charge in [0.2, 0.25) is 0 Å². The van der Waals surface area contributed by atoms with E-state index >= 15 is 0 Å². The molecule has 0 aliphatic heterocycles. The van der Waals surface area contributed by atoms with Gasteiger partial charge in [-0.1, -0.05) is 12.1 Å². The number of esters is 1. The highest BCUT2D eigenvalue weighted by atomic mass is 32.2. The lowest BCUT2D eigenvalue weighted by Crippen LogP contribution is -2.30. The molecule has 2 N–H and O–H groups in total. The predicted octanol–water partition coefficient (Wildman–Crippen LogP) is 4.03. The number of aryl methyl sites for hydroxylation is 1. The Morgan fingerprint density at radius 1 is 1.06 bits per heavy atom. The van der Waals surface area contributed by atoms with Gasteiger partial charge in [0, 0.05) is 17.8 Å². The fraction of sp³-hybridized carbons (Fsp3) is 0.130. The number of halogens is 1. The second-order valence-corrected chi connectivity index (χ2v) is 9.05. The van der Waals surface area contributed by atoms with Gasteiger partial charge in [-0.25, -0.2) is 17.6 Å². The predicted molar refractivity (Wildman–Crippen MR) is 125 cm³/mol. The average molecular weight is 501 g/mol. The molecule has 3 aromatic carbocycles. The van der Waals surface area contributed by atoms with Crippen molar-refractivity contribution in [1.82, 2.24) is 0 Å². The number of nitro benzene ring substituents is 1. The van der Waals surface area contributed by atoms with E-state index in [0.29, 0.717) is 0 Å². The molecule has 0 radical (unpaired) electrons. The number of hydrogen-bond acceptors (Lipinski definition) is 7. The zero-order valence-electron chi connectivity index (χ0n) is 18.5. The largest absolute Gasteiger partial charge is 0.449 e. The Bertz CT molecular complexity index is 1390. The fourth-order valence-electron chi connectivity index (χ4n) is 3.05. The highest BCUT2D eigenvalue weighted by molar-refractivity contribution is 7.92. The summed E-state index contributed by atoms with van der Waals surface area (Å²) in [5.74, 6) is -2.26. The molecule has 0 saturated heterocycles. The maximum Gasteiger partial charge on any atom is 0.341 e. The Hall–Kier alpha value is -4.32. The number of ether oxygens (including phenoxy) is 1. The van der Waals surface area contributed by atoms with Crippen molar-refractivity contribution >= 4 is 39.0 Å². The van der Waals surface area contributed by atoms with Crippen LogP contribution in [-0.2, 0) is 19.6 Å². The van der Waals surface area contributed by atoms with Gasteiger partial charge < -0.3 is 10.1 Å². The summed E-state index contributed by atoms with van der Waals surface area (Å²) in [7, 11) is -4.16. The summed E-state index contributed by atoms with van der Waals surface area (Å²) in [6, 6.07) is 13.9. The molecule has 35 heavy (non-hydrogen) atoms. The molecule has 0 aliphatic rings. The number of carbonyl (C=O) groups is 2. The number of benzene rings is 3. The molecule has 0 bridgehead atoms. The van der Waals surface area contributed by atoms with Crippen LogP contribution in [-0.4, -0.2) is 31.3 Å². The quantitative estimate of drug-likeness (QED) is 0.269. The molecule has 0 saturated carbocycles. The first-order chi connectivity index (χ1) is 16.5. The standard InChI is InChI=1S/C23H20FN3O7S/c1-14-13-16(24)7-12-21(14)35(32,33)26-20-6-4-3-5-19(20)23(29)34-15(2)22(28)25-17-8-10-18(11-9-17)27(30)31/h3-13,15,26H,1-2H3,(H,25,28)/t15-/m1/s1. The molecule has 12 heteroatoms. The van der Waals surface area contributed by atoms with Gasteiger partial charge in [0.15, 0.2) is 6.10 Å². The van der Waals surface area contributed by atoms with E-state index in [1.807, 2.05) is 0 Å². The number of rotatable bonds is 8. The van der Waals surface area contributed by atoms with Crippen LogP contribution in [0.5, 0.6) is 0 Å². The Balaban J connectivity index is 1.73. The number of nitro groups is 1. The van der Waals surface area contributed by atoms with Gasteiger partial charge in [-0.3, -0.25) is 19.6 Å². The van der Waals surface area contributed by atoms with E-state index < -0.39 is 38.7 Å². The van der Waals surface area contributed by atoms with Gasteiger partial charge in [-0.05, 0) is 61.9 Å². The molecule has 0 aromatic heterocycles. The molecule has 10 nitrogen and oxygen atoms in total. The van der Waals surface area contributed by atoms with Gasteiger partial charge in [-0.15, -0.1) is 0 Å². The summed E-state index contributed by atoms with van der Waals surface area (Å²) in [5, 5.41) is 13.2. The lowest BCUT2D eigenvalue weighted by molar-refractivity contribution is -0.384. The molecule has 0 unspecified atom stereocenters. The summed E-state index contributed by atoms with van der Waals surface area (Å²) in [6.45, 7) is 2.75. The van der Waals surface area contributed by atoms with Crippen LogP contribution in [0.1, 0.15) is 22.8 Å². The smallest absolute Gasteiger partial charge is 0.341 e. The average Bonchev–Trinajstić information content (AvgIpc) is 2.79. The Kier molecular flexibility index (Phi) is 7.45. The molecule has 1 amide bonds. The van der Waals surface area contributed by atoms with Crippen LogP contribution >= 0.6 is 0 Å². The van der Waals surface area contributed by atoms with E-state index in [1.165, 1.54) is 62.4 Å². The molecular weight excluding hydrogens is 481 g/mol. The first kappa shape index (κ1) is 25.3. The van der Waals surface area contributed by atoms with Crippen molar-refractivity contribution in [3.8, 4) is 0 Å². The lowest BCUT2D eigenvalue weighted by atomic mass is 10.2. The number of amides is 1. The minimum Gasteiger partial charge on any atom is -0.449 e. The van der Waals surface area contributed by atoms with Crippen LogP contribution in [0, 0.1) is 22.9 Å². The highest BCUT2D eigenvalue weighted by Crippen LogP contribution is 2.24. The van der Waals surface area contributed by atoms with Crippen molar-refractivity contribution in [3.63, 3.8) is 0 Å². The first-order valence-electron chi connectivity index (χ1n) is 10.1. The Labute approximate surface area is 199 Å². The number of non-ortho nitro benzene ring substituents is 1. The summed E-state index contributed by atoms with van der Waals surface area (Å²) in [5.41, 5.74) is 0.0350. The summed E-state index contributed by atoms with van der Waals surface area (Å²) in [4.78, 5) is 35.1. The fourth-order valence-corrected chi connectivity index (χ4v) is 4.36.